The summed E-state index contributed by atoms with van der Waals surface area (Å²) in [6, 6.07) is 1.79. The molecule has 0 aromatic heterocycles. The summed E-state index contributed by atoms with van der Waals surface area (Å²) in [6.07, 6.45) is 16.7. The summed E-state index contributed by atoms with van der Waals surface area (Å²) in [5.74, 6) is 4.37. The lowest BCUT2D eigenvalue weighted by atomic mass is 9.54. The topological polar surface area (TPSA) is 12.0 Å². The normalized spacial score (nSPS) is 48.3. The van der Waals surface area contributed by atoms with Crippen LogP contribution < -0.4 is 5.32 Å². The molecular formula is C17H29N. The maximum Gasteiger partial charge on any atom is 0.0127 e. The molecule has 5 saturated carbocycles. The van der Waals surface area contributed by atoms with Crippen molar-refractivity contribution < 1.29 is 0 Å². The molecule has 1 heteroatoms. The van der Waals surface area contributed by atoms with Gasteiger partial charge in [-0.25, -0.2) is 0 Å². The zero-order chi connectivity index (χ0) is 11.9. The van der Waals surface area contributed by atoms with Gasteiger partial charge in [-0.3, -0.25) is 0 Å². The van der Waals surface area contributed by atoms with Crippen molar-refractivity contribution in [2.75, 3.05) is 0 Å². The maximum atomic E-state index is 4.14. The van der Waals surface area contributed by atoms with Gasteiger partial charge in [0.05, 0.1) is 0 Å². The second-order valence-corrected chi connectivity index (χ2v) is 7.81. The number of nitrogens with one attached hydrogen (secondary N) is 1. The van der Waals surface area contributed by atoms with Gasteiger partial charge in [-0.15, -0.1) is 0 Å². The highest BCUT2D eigenvalue weighted by atomic mass is 15.0. The van der Waals surface area contributed by atoms with E-state index >= 15 is 0 Å². The largest absolute Gasteiger partial charge is 0.311 e. The Morgan fingerprint density at radius 2 is 1.17 bits per heavy atom. The Hall–Kier alpha value is -0.0400. The van der Waals surface area contributed by atoms with Gasteiger partial charge in [-0.1, -0.05) is 25.7 Å². The van der Waals surface area contributed by atoms with Crippen molar-refractivity contribution in [2.45, 2.75) is 82.7 Å². The van der Waals surface area contributed by atoms with E-state index in [2.05, 4.69) is 5.32 Å². The van der Waals surface area contributed by atoms with E-state index < -0.39 is 0 Å². The Bertz CT molecular complexity index is 262. The second-order valence-electron chi connectivity index (χ2n) is 7.81. The lowest BCUT2D eigenvalue weighted by Gasteiger charge is -2.55. The molecule has 5 aliphatic carbocycles. The quantitative estimate of drug-likeness (QED) is 0.724. The Balaban J connectivity index is 1.42. The van der Waals surface area contributed by atoms with Gasteiger partial charge < -0.3 is 5.32 Å². The van der Waals surface area contributed by atoms with E-state index in [-0.39, 0.29) is 0 Å². The van der Waals surface area contributed by atoms with E-state index in [1.165, 1.54) is 38.5 Å². The van der Waals surface area contributed by atoms with Crippen molar-refractivity contribution in [3.63, 3.8) is 0 Å². The van der Waals surface area contributed by atoms with Gasteiger partial charge in [-0.2, -0.15) is 0 Å². The molecule has 0 radical (unpaired) electrons. The number of rotatable bonds is 2. The first-order valence-electron chi connectivity index (χ1n) is 8.64. The van der Waals surface area contributed by atoms with Crippen molar-refractivity contribution in [1.82, 2.24) is 5.32 Å². The first kappa shape index (κ1) is 11.8. The molecule has 0 aromatic carbocycles. The van der Waals surface area contributed by atoms with Gasteiger partial charge in [-0.05, 0) is 68.6 Å². The molecule has 0 aromatic rings. The van der Waals surface area contributed by atoms with Crippen LogP contribution in [0.2, 0.25) is 0 Å². The molecule has 5 fully saturated rings. The fourth-order valence-corrected chi connectivity index (χ4v) is 5.92. The van der Waals surface area contributed by atoms with Crippen molar-refractivity contribution in [3.05, 3.63) is 0 Å². The number of hydrogen-bond acceptors (Lipinski definition) is 1. The molecule has 0 atom stereocenters. The van der Waals surface area contributed by atoms with Crippen LogP contribution in [-0.4, -0.2) is 12.1 Å². The molecular weight excluding hydrogens is 218 g/mol. The first-order valence-corrected chi connectivity index (χ1v) is 8.64. The monoisotopic (exact) mass is 247 g/mol. The molecule has 0 unspecified atom stereocenters. The second kappa shape index (κ2) is 4.81. The van der Waals surface area contributed by atoms with E-state index in [0.717, 1.165) is 35.8 Å². The van der Waals surface area contributed by atoms with Gasteiger partial charge >= 0.3 is 0 Å². The summed E-state index contributed by atoms with van der Waals surface area (Å²) in [7, 11) is 0. The van der Waals surface area contributed by atoms with Crippen LogP contribution in [0.3, 0.4) is 0 Å². The molecule has 5 aliphatic rings. The standard InChI is InChI=1S/C17H29N/c1-2-4-6-16(5-3-1)18-17-14-8-12-7-13(10-14)11-15(17)9-12/h12-18H,1-11H2. The Morgan fingerprint density at radius 3 is 1.72 bits per heavy atom. The molecule has 0 saturated heterocycles. The molecule has 1 N–H and O–H groups in total. The SMILES string of the molecule is C1CCCC(NC2C3CC4CC(C3)CC2C4)CC1. The van der Waals surface area contributed by atoms with E-state index in [1.54, 1.807) is 32.1 Å². The highest BCUT2D eigenvalue weighted by Gasteiger charge is 2.48. The minimum atomic E-state index is 0.870. The minimum Gasteiger partial charge on any atom is -0.311 e. The van der Waals surface area contributed by atoms with Crippen LogP contribution in [0.5, 0.6) is 0 Å². The van der Waals surface area contributed by atoms with Crippen molar-refractivity contribution in [2.24, 2.45) is 23.7 Å². The lowest BCUT2D eigenvalue weighted by Crippen LogP contribution is -2.56. The predicted octanol–water partition coefficient (Wildman–Crippen LogP) is 4.12. The molecule has 4 bridgehead atoms. The molecule has 5 rings (SSSR count). The van der Waals surface area contributed by atoms with Crippen LogP contribution in [0.25, 0.3) is 0 Å². The Morgan fingerprint density at radius 1 is 0.611 bits per heavy atom. The predicted molar refractivity (Wildman–Crippen MR) is 75.5 cm³/mol. The summed E-state index contributed by atoms with van der Waals surface area (Å²) in [5, 5.41) is 4.14. The third-order valence-corrected chi connectivity index (χ3v) is 6.51. The van der Waals surface area contributed by atoms with Crippen molar-refractivity contribution >= 4 is 0 Å². The summed E-state index contributed by atoms with van der Waals surface area (Å²) in [4.78, 5) is 0. The minimum absolute atomic E-state index is 0.870. The fourth-order valence-electron chi connectivity index (χ4n) is 5.92. The van der Waals surface area contributed by atoms with Crippen molar-refractivity contribution in [1.29, 1.82) is 0 Å². The Kier molecular flexibility index (Phi) is 3.14. The van der Waals surface area contributed by atoms with E-state index in [1.807, 2.05) is 0 Å². The van der Waals surface area contributed by atoms with Crippen LogP contribution in [0, 0.1) is 23.7 Å². The van der Waals surface area contributed by atoms with E-state index in [0.29, 0.717) is 0 Å². The van der Waals surface area contributed by atoms with Gasteiger partial charge in [0.2, 0.25) is 0 Å². The smallest absolute Gasteiger partial charge is 0.0127 e. The molecule has 1 nitrogen and oxygen atoms in total. The van der Waals surface area contributed by atoms with Crippen LogP contribution >= 0.6 is 0 Å². The fraction of sp³-hybridized carbons (Fsp3) is 1.00. The van der Waals surface area contributed by atoms with Crippen molar-refractivity contribution in [3.8, 4) is 0 Å². The summed E-state index contributed by atoms with van der Waals surface area (Å²) >= 11 is 0. The molecule has 18 heavy (non-hydrogen) atoms. The molecule has 0 aliphatic heterocycles. The van der Waals surface area contributed by atoms with E-state index in [9.17, 15) is 0 Å². The van der Waals surface area contributed by atoms with Gasteiger partial charge in [0, 0.05) is 12.1 Å². The summed E-state index contributed by atoms with van der Waals surface area (Å²) < 4.78 is 0. The van der Waals surface area contributed by atoms with Crippen LogP contribution in [0.1, 0.15) is 70.6 Å². The molecule has 102 valence electrons. The lowest BCUT2D eigenvalue weighted by molar-refractivity contribution is -0.0182. The van der Waals surface area contributed by atoms with Gasteiger partial charge in [0.25, 0.3) is 0 Å². The first-order chi connectivity index (χ1) is 8.88. The summed E-state index contributed by atoms with van der Waals surface area (Å²) in [6.45, 7) is 0. The maximum absolute atomic E-state index is 4.14. The third kappa shape index (κ3) is 2.13. The van der Waals surface area contributed by atoms with Gasteiger partial charge in [0.1, 0.15) is 0 Å². The molecule has 0 amide bonds. The van der Waals surface area contributed by atoms with Crippen LogP contribution in [0.15, 0.2) is 0 Å². The zero-order valence-electron chi connectivity index (χ0n) is 11.7. The summed E-state index contributed by atoms with van der Waals surface area (Å²) in [5.41, 5.74) is 0. The zero-order valence-corrected chi connectivity index (χ0v) is 11.7. The third-order valence-electron chi connectivity index (χ3n) is 6.51. The molecule has 0 heterocycles. The number of hydrogen-bond donors (Lipinski definition) is 1. The molecule has 0 spiro atoms. The average Bonchev–Trinajstić information content (AvgIpc) is 2.61. The average molecular weight is 247 g/mol. The highest BCUT2D eigenvalue weighted by molar-refractivity contribution is 5.02. The van der Waals surface area contributed by atoms with E-state index in [4.69, 9.17) is 0 Å². The van der Waals surface area contributed by atoms with Crippen LogP contribution in [0.4, 0.5) is 0 Å². The highest BCUT2D eigenvalue weighted by Crippen LogP contribution is 2.53. The van der Waals surface area contributed by atoms with Gasteiger partial charge in [0.15, 0.2) is 0 Å². The van der Waals surface area contributed by atoms with Crippen LogP contribution in [-0.2, 0) is 0 Å². The Labute approximate surface area is 112 Å².